The maximum Gasteiger partial charge on any atom is 0.160 e. The van der Waals surface area contributed by atoms with Gasteiger partial charge < -0.3 is 0 Å². The van der Waals surface area contributed by atoms with Crippen molar-refractivity contribution in [2.75, 3.05) is 0 Å². The lowest BCUT2D eigenvalue weighted by Crippen LogP contribution is -2.28. The van der Waals surface area contributed by atoms with Crippen LogP contribution in [0.4, 0.5) is 0 Å². The van der Waals surface area contributed by atoms with E-state index in [4.69, 9.17) is 9.97 Å². The van der Waals surface area contributed by atoms with Crippen molar-refractivity contribution in [2.45, 2.75) is 5.41 Å². The Kier molecular flexibility index (Phi) is 7.42. The molecule has 0 amide bonds. The van der Waals surface area contributed by atoms with Crippen LogP contribution in [-0.2, 0) is 5.41 Å². The van der Waals surface area contributed by atoms with E-state index >= 15 is 0 Å². The van der Waals surface area contributed by atoms with Gasteiger partial charge in [-0.15, -0.1) is 0 Å². The van der Waals surface area contributed by atoms with E-state index in [1.165, 1.54) is 27.8 Å². The zero-order valence-electron chi connectivity index (χ0n) is 27.7. The van der Waals surface area contributed by atoms with Crippen LogP contribution in [0.3, 0.4) is 0 Å². The lowest BCUT2D eigenvalue weighted by molar-refractivity contribution is 0.769. The van der Waals surface area contributed by atoms with Crippen molar-refractivity contribution < 1.29 is 0 Å². The summed E-state index contributed by atoms with van der Waals surface area (Å²) in [5.74, 6) is 0.679. The highest BCUT2D eigenvalue weighted by Crippen LogP contribution is 2.56. The van der Waals surface area contributed by atoms with Crippen molar-refractivity contribution >= 4 is 0 Å². The van der Waals surface area contributed by atoms with E-state index in [0.717, 1.165) is 44.8 Å². The Bertz CT molecular complexity index is 2480. The molecule has 0 saturated carbocycles. The van der Waals surface area contributed by atoms with Crippen LogP contribution in [0, 0.1) is 11.3 Å². The minimum absolute atomic E-state index is 0.606. The summed E-state index contributed by atoms with van der Waals surface area (Å²) in [7, 11) is 0. The standard InChI is InChI=1S/C48H31N3/c49-32-33-25-27-34(28-26-33)37-17-11-19-39(29-37)48(43-23-9-7-21-41(43)42-22-8-10-24-44(42)48)40-20-12-18-38(30-40)47-50-45(35-13-3-1-4-14-35)31-46(51-47)36-15-5-2-6-16-36/h1-31H. The van der Waals surface area contributed by atoms with Crippen LogP contribution in [0.15, 0.2) is 188 Å². The number of hydrogen-bond acceptors (Lipinski definition) is 3. The summed E-state index contributed by atoms with van der Waals surface area (Å²) in [6, 6.07) is 68.0. The van der Waals surface area contributed by atoms with Gasteiger partial charge in [0, 0.05) is 16.7 Å². The summed E-state index contributed by atoms with van der Waals surface area (Å²) in [6.45, 7) is 0. The third kappa shape index (κ3) is 5.14. The average Bonchev–Trinajstić information content (AvgIpc) is 3.53. The number of benzene rings is 7. The second kappa shape index (κ2) is 12.5. The third-order valence-electron chi connectivity index (χ3n) is 10.0. The molecular formula is C48H31N3. The van der Waals surface area contributed by atoms with Crippen LogP contribution in [0.1, 0.15) is 27.8 Å². The Morgan fingerprint density at radius 2 is 0.863 bits per heavy atom. The first kappa shape index (κ1) is 30.2. The Hall–Kier alpha value is -6.89. The first-order valence-electron chi connectivity index (χ1n) is 17.1. The predicted molar refractivity (Wildman–Crippen MR) is 206 cm³/mol. The quantitative estimate of drug-likeness (QED) is 0.180. The fraction of sp³-hybridized carbons (Fsp3) is 0.0208. The molecule has 1 heterocycles. The largest absolute Gasteiger partial charge is 0.228 e. The smallest absolute Gasteiger partial charge is 0.160 e. The Balaban J connectivity index is 1.29. The van der Waals surface area contributed by atoms with Gasteiger partial charge in [0.1, 0.15) is 0 Å². The molecule has 51 heavy (non-hydrogen) atoms. The lowest BCUT2D eigenvalue weighted by Gasteiger charge is -2.34. The number of nitriles is 1. The zero-order valence-corrected chi connectivity index (χ0v) is 27.7. The maximum atomic E-state index is 9.42. The molecule has 238 valence electrons. The second-order valence-corrected chi connectivity index (χ2v) is 12.9. The van der Waals surface area contributed by atoms with E-state index in [0.29, 0.717) is 11.4 Å². The lowest BCUT2D eigenvalue weighted by atomic mass is 9.67. The monoisotopic (exact) mass is 649 g/mol. The molecule has 0 radical (unpaired) electrons. The van der Waals surface area contributed by atoms with E-state index in [1.54, 1.807) is 0 Å². The SMILES string of the molecule is N#Cc1ccc(-c2cccc(C3(c4cccc(-c5nc(-c6ccccc6)cc(-c6ccccc6)n5)c4)c4ccccc4-c4ccccc43)c2)cc1. The highest BCUT2D eigenvalue weighted by atomic mass is 14.9. The fourth-order valence-electron chi connectivity index (χ4n) is 7.67. The van der Waals surface area contributed by atoms with Crippen molar-refractivity contribution in [3.8, 4) is 62.2 Å². The molecule has 0 spiro atoms. The number of rotatable bonds is 6. The molecule has 3 nitrogen and oxygen atoms in total. The van der Waals surface area contributed by atoms with Gasteiger partial charge in [-0.05, 0) is 74.8 Å². The van der Waals surface area contributed by atoms with Crippen molar-refractivity contribution in [1.29, 1.82) is 5.26 Å². The van der Waals surface area contributed by atoms with Gasteiger partial charge in [0.25, 0.3) is 0 Å². The summed E-state index contributed by atoms with van der Waals surface area (Å²) >= 11 is 0. The summed E-state index contributed by atoms with van der Waals surface area (Å²) in [5.41, 5.74) is 14.3. The van der Waals surface area contributed by atoms with Crippen LogP contribution in [0.5, 0.6) is 0 Å². The molecule has 0 saturated heterocycles. The normalized spacial score (nSPS) is 12.5. The number of hydrogen-bond donors (Lipinski definition) is 0. The minimum Gasteiger partial charge on any atom is -0.228 e. The van der Waals surface area contributed by atoms with Crippen molar-refractivity contribution in [1.82, 2.24) is 9.97 Å². The van der Waals surface area contributed by atoms with Crippen LogP contribution < -0.4 is 0 Å². The number of nitrogens with zero attached hydrogens (tertiary/aromatic N) is 3. The molecule has 0 aliphatic heterocycles. The summed E-state index contributed by atoms with van der Waals surface area (Å²) in [5, 5.41) is 9.42. The van der Waals surface area contributed by atoms with Crippen molar-refractivity contribution in [2.24, 2.45) is 0 Å². The van der Waals surface area contributed by atoms with Gasteiger partial charge in [-0.25, -0.2) is 9.97 Å². The van der Waals surface area contributed by atoms with Gasteiger partial charge in [-0.1, -0.05) is 158 Å². The van der Waals surface area contributed by atoms with E-state index in [1.807, 2.05) is 60.7 Å². The Labute approximate surface area is 297 Å². The van der Waals surface area contributed by atoms with Crippen molar-refractivity contribution in [3.05, 3.63) is 216 Å². The molecule has 7 aromatic carbocycles. The number of fused-ring (bicyclic) bond motifs is 3. The van der Waals surface area contributed by atoms with Gasteiger partial charge in [-0.2, -0.15) is 5.26 Å². The highest BCUT2D eigenvalue weighted by molar-refractivity contribution is 5.87. The average molecular weight is 650 g/mol. The molecule has 1 aliphatic carbocycles. The van der Waals surface area contributed by atoms with E-state index in [2.05, 4.69) is 133 Å². The minimum atomic E-state index is -0.606. The Morgan fingerprint density at radius 1 is 0.392 bits per heavy atom. The van der Waals surface area contributed by atoms with Crippen LogP contribution in [-0.4, -0.2) is 9.97 Å². The van der Waals surface area contributed by atoms with E-state index < -0.39 is 5.41 Å². The molecule has 1 aliphatic rings. The molecule has 8 aromatic rings. The molecule has 1 aromatic heterocycles. The van der Waals surface area contributed by atoms with Gasteiger partial charge in [0.15, 0.2) is 5.82 Å². The van der Waals surface area contributed by atoms with Crippen molar-refractivity contribution in [3.63, 3.8) is 0 Å². The first-order chi connectivity index (χ1) is 25.2. The second-order valence-electron chi connectivity index (χ2n) is 12.9. The van der Waals surface area contributed by atoms with E-state index in [-0.39, 0.29) is 0 Å². The topological polar surface area (TPSA) is 49.6 Å². The fourth-order valence-corrected chi connectivity index (χ4v) is 7.67. The molecule has 0 N–H and O–H groups in total. The Morgan fingerprint density at radius 3 is 1.41 bits per heavy atom. The molecule has 0 bridgehead atoms. The maximum absolute atomic E-state index is 9.42. The molecule has 0 atom stereocenters. The van der Waals surface area contributed by atoms with Gasteiger partial charge in [-0.3, -0.25) is 0 Å². The highest BCUT2D eigenvalue weighted by Gasteiger charge is 2.46. The molecule has 3 heteroatoms. The zero-order chi connectivity index (χ0) is 34.2. The summed E-state index contributed by atoms with van der Waals surface area (Å²) in [4.78, 5) is 10.4. The van der Waals surface area contributed by atoms with Gasteiger partial charge in [0.05, 0.1) is 28.4 Å². The van der Waals surface area contributed by atoms with Crippen LogP contribution in [0.2, 0.25) is 0 Å². The van der Waals surface area contributed by atoms with Crippen LogP contribution >= 0.6 is 0 Å². The summed E-state index contributed by atoms with van der Waals surface area (Å²) in [6.07, 6.45) is 0. The van der Waals surface area contributed by atoms with Crippen LogP contribution in [0.25, 0.3) is 56.2 Å². The third-order valence-corrected chi connectivity index (χ3v) is 10.0. The van der Waals surface area contributed by atoms with E-state index in [9.17, 15) is 5.26 Å². The first-order valence-corrected chi connectivity index (χ1v) is 17.1. The summed E-state index contributed by atoms with van der Waals surface area (Å²) < 4.78 is 0. The van der Waals surface area contributed by atoms with Gasteiger partial charge in [0.2, 0.25) is 0 Å². The predicted octanol–water partition coefficient (Wildman–Crippen LogP) is 11.4. The van der Waals surface area contributed by atoms with Gasteiger partial charge >= 0.3 is 0 Å². The molecule has 0 fully saturated rings. The number of aromatic nitrogens is 2. The molecular weight excluding hydrogens is 619 g/mol. The molecule has 9 rings (SSSR count). The molecule has 0 unspecified atom stereocenters.